The number of amides is 1. The van der Waals surface area contributed by atoms with Gasteiger partial charge in [-0.15, -0.1) is 22.6 Å². The normalized spacial score (nSPS) is 19.9. The molecule has 2 unspecified atom stereocenters. The highest BCUT2D eigenvalue weighted by Crippen LogP contribution is 2.23. The monoisotopic (exact) mass is 364 g/mol. The van der Waals surface area contributed by atoms with Crippen LogP contribution in [0.1, 0.15) is 31.2 Å². The highest BCUT2D eigenvalue weighted by atomic mass is 35.5. The van der Waals surface area contributed by atoms with Gasteiger partial charge in [-0.2, -0.15) is 4.80 Å². The Bertz CT molecular complexity index is 687. The standard InChI is InChI=1S/C17H24N6O.ClH/c1-12-6-8-13(9-7-12)17-20-22-23(21-17)11-16(24)19-15-5-3-2-4-14(15)10-18;/h6-9,14-15H,2-5,10-11,18H2,1H3,(H,19,24);1H. The lowest BCUT2D eigenvalue weighted by molar-refractivity contribution is -0.123. The van der Waals surface area contributed by atoms with Gasteiger partial charge in [-0.25, -0.2) is 0 Å². The predicted molar refractivity (Wildman–Crippen MR) is 98.2 cm³/mol. The second-order valence-corrected chi connectivity index (χ2v) is 6.46. The molecular weight excluding hydrogens is 340 g/mol. The fourth-order valence-corrected chi connectivity index (χ4v) is 3.19. The van der Waals surface area contributed by atoms with Crippen LogP contribution in [0, 0.1) is 12.8 Å². The molecule has 3 N–H and O–H groups in total. The van der Waals surface area contributed by atoms with Crippen molar-refractivity contribution in [3.05, 3.63) is 29.8 Å². The molecule has 25 heavy (non-hydrogen) atoms. The number of hydrogen-bond acceptors (Lipinski definition) is 5. The predicted octanol–water partition coefficient (Wildman–Crippen LogP) is 1.70. The van der Waals surface area contributed by atoms with Gasteiger partial charge in [0.25, 0.3) is 0 Å². The van der Waals surface area contributed by atoms with E-state index in [1.54, 1.807) is 0 Å². The first-order chi connectivity index (χ1) is 11.7. The number of nitrogens with two attached hydrogens (primary N) is 1. The summed E-state index contributed by atoms with van der Waals surface area (Å²) in [6.45, 7) is 2.72. The maximum absolute atomic E-state index is 12.3. The van der Waals surface area contributed by atoms with Gasteiger partial charge in [0.1, 0.15) is 6.54 Å². The number of hydrogen-bond donors (Lipinski definition) is 2. The van der Waals surface area contributed by atoms with Gasteiger partial charge in [0.2, 0.25) is 11.7 Å². The highest BCUT2D eigenvalue weighted by molar-refractivity contribution is 5.85. The fourth-order valence-electron chi connectivity index (χ4n) is 3.19. The average Bonchev–Trinajstić information content (AvgIpc) is 3.04. The van der Waals surface area contributed by atoms with Crippen LogP contribution in [0.25, 0.3) is 11.4 Å². The molecule has 0 aliphatic heterocycles. The van der Waals surface area contributed by atoms with Crippen LogP contribution in [0.5, 0.6) is 0 Å². The van der Waals surface area contributed by atoms with E-state index >= 15 is 0 Å². The van der Waals surface area contributed by atoms with Crippen LogP contribution >= 0.6 is 12.4 Å². The lowest BCUT2D eigenvalue weighted by Crippen LogP contribution is -2.45. The van der Waals surface area contributed by atoms with Crippen LogP contribution in [0.15, 0.2) is 24.3 Å². The number of tetrazole rings is 1. The lowest BCUT2D eigenvalue weighted by Gasteiger charge is -2.31. The summed E-state index contributed by atoms with van der Waals surface area (Å²) in [5.41, 5.74) is 7.87. The van der Waals surface area contributed by atoms with E-state index in [-0.39, 0.29) is 30.9 Å². The Labute approximate surface area is 153 Å². The van der Waals surface area contributed by atoms with Crippen molar-refractivity contribution in [2.75, 3.05) is 6.54 Å². The van der Waals surface area contributed by atoms with Crippen molar-refractivity contribution in [1.82, 2.24) is 25.5 Å². The summed E-state index contributed by atoms with van der Waals surface area (Å²) in [4.78, 5) is 13.6. The van der Waals surface area contributed by atoms with Crippen LogP contribution in [0.3, 0.4) is 0 Å². The maximum atomic E-state index is 12.3. The maximum Gasteiger partial charge on any atom is 0.243 e. The second-order valence-electron chi connectivity index (χ2n) is 6.46. The molecule has 0 spiro atoms. The number of carbonyl (C=O) groups excluding carboxylic acids is 1. The zero-order chi connectivity index (χ0) is 16.9. The Morgan fingerprint density at radius 3 is 2.72 bits per heavy atom. The largest absolute Gasteiger partial charge is 0.351 e. The zero-order valence-electron chi connectivity index (χ0n) is 14.4. The molecule has 0 saturated heterocycles. The minimum absolute atomic E-state index is 0. The van der Waals surface area contributed by atoms with Crippen molar-refractivity contribution in [2.24, 2.45) is 11.7 Å². The van der Waals surface area contributed by atoms with E-state index < -0.39 is 0 Å². The van der Waals surface area contributed by atoms with E-state index in [0.717, 1.165) is 24.8 Å². The average molecular weight is 365 g/mol. The zero-order valence-corrected chi connectivity index (χ0v) is 15.2. The van der Waals surface area contributed by atoms with Crippen molar-refractivity contribution < 1.29 is 4.79 Å². The highest BCUT2D eigenvalue weighted by Gasteiger charge is 2.25. The number of halogens is 1. The molecular formula is C17H25ClN6O. The molecule has 3 rings (SSSR count). The molecule has 1 saturated carbocycles. The molecule has 1 aromatic heterocycles. The van der Waals surface area contributed by atoms with Gasteiger partial charge in [0.05, 0.1) is 0 Å². The number of nitrogens with one attached hydrogen (secondary N) is 1. The quantitative estimate of drug-likeness (QED) is 0.841. The van der Waals surface area contributed by atoms with E-state index in [2.05, 4.69) is 20.7 Å². The number of rotatable bonds is 5. The molecule has 136 valence electrons. The smallest absolute Gasteiger partial charge is 0.243 e. The molecule has 1 aliphatic carbocycles. The molecule has 0 bridgehead atoms. The van der Waals surface area contributed by atoms with Crippen molar-refractivity contribution in [3.63, 3.8) is 0 Å². The summed E-state index contributed by atoms with van der Waals surface area (Å²) in [6, 6.07) is 8.06. The van der Waals surface area contributed by atoms with Gasteiger partial charge in [-0.05, 0) is 37.4 Å². The van der Waals surface area contributed by atoms with Gasteiger partial charge in [-0.1, -0.05) is 42.7 Å². The minimum Gasteiger partial charge on any atom is -0.351 e. The summed E-state index contributed by atoms with van der Waals surface area (Å²) in [7, 11) is 0. The molecule has 1 aliphatic rings. The molecule has 2 atom stereocenters. The summed E-state index contributed by atoms with van der Waals surface area (Å²) in [6.07, 6.45) is 4.41. The Morgan fingerprint density at radius 1 is 1.28 bits per heavy atom. The second kappa shape index (κ2) is 8.92. The molecule has 7 nitrogen and oxygen atoms in total. The van der Waals surface area contributed by atoms with Crippen molar-refractivity contribution in [3.8, 4) is 11.4 Å². The van der Waals surface area contributed by atoms with Crippen LogP contribution in [-0.2, 0) is 11.3 Å². The van der Waals surface area contributed by atoms with Gasteiger partial charge in [0.15, 0.2) is 0 Å². The number of carbonyl (C=O) groups is 1. The Morgan fingerprint density at radius 2 is 2.00 bits per heavy atom. The van der Waals surface area contributed by atoms with Crippen molar-refractivity contribution in [1.29, 1.82) is 0 Å². The molecule has 1 heterocycles. The van der Waals surface area contributed by atoms with Gasteiger partial charge in [-0.3, -0.25) is 4.79 Å². The number of aromatic nitrogens is 4. The van der Waals surface area contributed by atoms with Crippen LogP contribution in [0.4, 0.5) is 0 Å². The number of aryl methyl sites for hydroxylation is 1. The summed E-state index contributed by atoms with van der Waals surface area (Å²) in [5.74, 6) is 0.808. The van der Waals surface area contributed by atoms with E-state index in [0.29, 0.717) is 18.3 Å². The molecule has 1 amide bonds. The van der Waals surface area contributed by atoms with E-state index in [9.17, 15) is 4.79 Å². The summed E-state index contributed by atoms with van der Waals surface area (Å²) < 4.78 is 0. The molecule has 1 fully saturated rings. The van der Waals surface area contributed by atoms with Gasteiger partial charge >= 0.3 is 0 Å². The third-order valence-corrected chi connectivity index (χ3v) is 4.61. The van der Waals surface area contributed by atoms with Gasteiger partial charge < -0.3 is 11.1 Å². The molecule has 0 radical (unpaired) electrons. The van der Waals surface area contributed by atoms with E-state index in [1.165, 1.54) is 16.8 Å². The fraction of sp³-hybridized carbons (Fsp3) is 0.529. The Hall–Kier alpha value is -1.99. The van der Waals surface area contributed by atoms with Crippen molar-refractivity contribution >= 4 is 18.3 Å². The Kier molecular flexibility index (Phi) is 6.90. The summed E-state index contributed by atoms with van der Waals surface area (Å²) >= 11 is 0. The van der Waals surface area contributed by atoms with Crippen LogP contribution < -0.4 is 11.1 Å². The minimum atomic E-state index is -0.0896. The number of benzene rings is 1. The first-order valence-electron chi connectivity index (χ1n) is 8.50. The molecule has 1 aromatic carbocycles. The third kappa shape index (κ3) is 4.99. The van der Waals surface area contributed by atoms with Crippen LogP contribution in [-0.4, -0.2) is 38.7 Å². The lowest BCUT2D eigenvalue weighted by atomic mass is 9.84. The van der Waals surface area contributed by atoms with Crippen molar-refractivity contribution in [2.45, 2.75) is 45.2 Å². The molecule has 8 heteroatoms. The molecule has 2 aromatic rings. The van der Waals surface area contributed by atoms with Gasteiger partial charge in [0, 0.05) is 11.6 Å². The third-order valence-electron chi connectivity index (χ3n) is 4.61. The Balaban J connectivity index is 0.00000225. The van der Waals surface area contributed by atoms with E-state index in [1.807, 2.05) is 31.2 Å². The number of nitrogens with zero attached hydrogens (tertiary/aromatic N) is 4. The van der Waals surface area contributed by atoms with E-state index in [4.69, 9.17) is 5.73 Å². The summed E-state index contributed by atoms with van der Waals surface area (Å²) in [5, 5.41) is 15.4. The first kappa shape index (κ1) is 19.3. The first-order valence-corrected chi connectivity index (χ1v) is 8.50. The van der Waals surface area contributed by atoms with Crippen LogP contribution in [0.2, 0.25) is 0 Å². The SMILES string of the molecule is Cc1ccc(-c2nnn(CC(=O)NC3CCCCC3CN)n2)cc1.Cl. The topological polar surface area (TPSA) is 98.7 Å².